The first-order chi connectivity index (χ1) is 12.0. The molecule has 0 aliphatic heterocycles. The lowest BCUT2D eigenvalue weighted by molar-refractivity contribution is -0.140. The van der Waals surface area contributed by atoms with E-state index in [0.717, 1.165) is 40.0 Å². The molecule has 1 saturated carbocycles. The van der Waals surface area contributed by atoms with Crippen LogP contribution in [0, 0.1) is 0 Å². The van der Waals surface area contributed by atoms with Crippen LogP contribution in [-0.2, 0) is 10.2 Å². The van der Waals surface area contributed by atoms with Crippen molar-refractivity contribution in [1.29, 1.82) is 0 Å². The summed E-state index contributed by atoms with van der Waals surface area (Å²) in [4.78, 5) is 12.4. The van der Waals surface area contributed by atoms with E-state index in [2.05, 4.69) is 0 Å². The summed E-state index contributed by atoms with van der Waals surface area (Å²) in [5.41, 5.74) is 10.1. The summed E-state index contributed by atoms with van der Waals surface area (Å²) >= 11 is 7.49. The first kappa shape index (κ1) is 16.2. The van der Waals surface area contributed by atoms with Crippen molar-refractivity contribution in [3.63, 3.8) is 0 Å². The number of carboxylic acid groups (broad SMARTS) is 1. The van der Waals surface area contributed by atoms with Crippen LogP contribution in [0.5, 0.6) is 0 Å². The summed E-state index contributed by atoms with van der Waals surface area (Å²) < 4.78 is 0.680. The molecular formula is C20H16ClNO2S. The van der Waals surface area contributed by atoms with Crippen molar-refractivity contribution < 1.29 is 9.90 Å². The van der Waals surface area contributed by atoms with E-state index >= 15 is 0 Å². The predicted molar refractivity (Wildman–Crippen MR) is 103 cm³/mol. The number of hydrogen-bond acceptors (Lipinski definition) is 3. The molecule has 126 valence electrons. The van der Waals surface area contributed by atoms with E-state index in [1.165, 1.54) is 11.3 Å². The highest BCUT2D eigenvalue weighted by Gasteiger charge is 2.51. The van der Waals surface area contributed by atoms with E-state index < -0.39 is 11.4 Å². The minimum absolute atomic E-state index is 0.654. The van der Waals surface area contributed by atoms with Gasteiger partial charge in [0.25, 0.3) is 0 Å². The SMILES string of the molecule is Nc1cc(Cl)sc1-c1ccc(-c2ccc(C3(C(=O)O)CC3)cc2)cc1. The fourth-order valence-electron chi connectivity index (χ4n) is 3.15. The molecule has 0 radical (unpaired) electrons. The Morgan fingerprint density at radius 1 is 1.00 bits per heavy atom. The number of anilines is 1. The van der Waals surface area contributed by atoms with E-state index in [-0.39, 0.29) is 0 Å². The van der Waals surface area contributed by atoms with Crippen LogP contribution in [0.1, 0.15) is 18.4 Å². The maximum absolute atomic E-state index is 11.4. The molecule has 0 bridgehead atoms. The highest BCUT2D eigenvalue weighted by Crippen LogP contribution is 2.48. The molecule has 0 amide bonds. The van der Waals surface area contributed by atoms with E-state index in [0.29, 0.717) is 10.0 Å². The third-order valence-electron chi connectivity index (χ3n) is 4.81. The number of aliphatic carboxylic acids is 1. The Labute approximate surface area is 154 Å². The second-order valence-electron chi connectivity index (χ2n) is 6.38. The van der Waals surface area contributed by atoms with Gasteiger partial charge < -0.3 is 10.8 Å². The standard InChI is InChI=1S/C20H16ClNO2S/c21-17-11-16(22)18(25-17)14-3-1-12(2-4-14)13-5-7-15(8-6-13)20(9-10-20)19(23)24/h1-8,11H,9-10,22H2,(H,23,24). The van der Waals surface area contributed by atoms with E-state index in [1.54, 1.807) is 6.07 Å². The molecular weight excluding hydrogens is 354 g/mol. The van der Waals surface area contributed by atoms with Gasteiger partial charge in [0.15, 0.2) is 0 Å². The molecule has 25 heavy (non-hydrogen) atoms. The number of halogens is 1. The Morgan fingerprint density at radius 3 is 1.96 bits per heavy atom. The van der Waals surface area contributed by atoms with Crippen molar-refractivity contribution in [2.24, 2.45) is 0 Å². The second-order valence-corrected chi connectivity index (χ2v) is 8.06. The van der Waals surface area contributed by atoms with Gasteiger partial charge in [0.05, 0.1) is 20.3 Å². The minimum atomic E-state index is -0.725. The van der Waals surface area contributed by atoms with Gasteiger partial charge in [-0.25, -0.2) is 0 Å². The molecule has 1 fully saturated rings. The minimum Gasteiger partial charge on any atom is -0.481 e. The van der Waals surface area contributed by atoms with Gasteiger partial charge in [-0.3, -0.25) is 4.79 Å². The number of nitrogen functional groups attached to an aromatic ring is 1. The number of rotatable bonds is 4. The number of benzene rings is 2. The molecule has 3 nitrogen and oxygen atoms in total. The zero-order chi connectivity index (χ0) is 17.6. The molecule has 0 atom stereocenters. The monoisotopic (exact) mass is 369 g/mol. The van der Waals surface area contributed by atoms with Crippen LogP contribution in [-0.4, -0.2) is 11.1 Å². The first-order valence-electron chi connectivity index (χ1n) is 7.99. The van der Waals surface area contributed by atoms with Crippen molar-refractivity contribution in [2.45, 2.75) is 18.3 Å². The van der Waals surface area contributed by atoms with Crippen molar-refractivity contribution >= 4 is 34.6 Å². The van der Waals surface area contributed by atoms with E-state index in [9.17, 15) is 9.90 Å². The van der Waals surface area contributed by atoms with Gasteiger partial charge in [0.1, 0.15) is 0 Å². The van der Waals surface area contributed by atoms with Gasteiger partial charge in [-0.15, -0.1) is 11.3 Å². The highest BCUT2D eigenvalue weighted by atomic mass is 35.5. The Kier molecular flexibility index (Phi) is 3.82. The van der Waals surface area contributed by atoms with Crippen LogP contribution >= 0.6 is 22.9 Å². The van der Waals surface area contributed by atoms with Crippen LogP contribution in [0.3, 0.4) is 0 Å². The summed E-state index contributed by atoms with van der Waals surface area (Å²) in [5.74, 6) is -0.725. The number of carbonyl (C=O) groups is 1. The molecule has 0 unspecified atom stereocenters. The third kappa shape index (κ3) is 2.81. The first-order valence-corrected chi connectivity index (χ1v) is 9.19. The maximum Gasteiger partial charge on any atom is 0.314 e. The van der Waals surface area contributed by atoms with Gasteiger partial charge in [-0.2, -0.15) is 0 Å². The Hall–Kier alpha value is -2.30. The third-order valence-corrected chi connectivity index (χ3v) is 6.14. The van der Waals surface area contributed by atoms with Crippen molar-refractivity contribution in [1.82, 2.24) is 0 Å². The fraction of sp³-hybridized carbons (Fsp3) is 0.150. The van der Waals surface area contributed by atoms with Gasteiger partial charge >= 0.3 is 5.97 Å². The van der Waals surface area contributed by atoms with Crippen LogP contribution in [0.25, 0.3) is 21.6 Å². The molecule has 0 saturated heterocycles. The molecule has 2 aromatic carbocycles. The van der Waals surface area contributed by atoms with Gasteiger partial charge in [0.2, 0.25) is 0 Å². The number of nitrogens with two attached hydrogens (primary N) is 1. The molecule has 3 aromatic rings. The highest BCUT2D eigenvalue weighted by molar-refractivity contribution is 7.20. The Balaban J connectivity index is 1.60. The second kappa shape index (κ2) is 5.90. The van der Waals surface area contributed by atoms with E-state index in [1.807, 2.05) is 48.5 Å². The van der Waals surface area contributed by atoms with Crippen LogP contribution < -0.4 is 5.73 Å². The zero-order valence-electron chi connectivity index (χ0n) is 13.3. The molecule has 0 spiro atoms. The number of hydrogen-bond donors (Lipinski definition) is 2. The average molecular weight is 370 g/mol. The number of carboxylic acids is 1. The van der Waals surface area contributed by atoms with Crippen molar-refractivity contribution in [3.8, 4) is 21.6 Å². The molecule has 1 heterocycles. The summed E-state index contributed by atoms with van der Waals surface area (Å²) in [5, 5.41) is 9.39. The van der Waals surface area contributed by atoms with Gasteiger partial charge in [0, 0.05) is 0 Å². The Bertz CT molecular complexity index is 941. The lowest BCUT2D eigenvalue weighted by Gasteiger charge is -2.11. The molecule has 4 rings (SSSR count). The molecule has 3 N–H and O–H groups in total. The van der Waals surface area contributed by atoms with Gasteiger partial charge in [-0.1, -0.05) is 60.1 Å². The topological polar surface area (TPSA) is 63.3 Å². The summed E-state index contributed by atoms with van der Waals surface area (Å²) in [6.07, 6.45) is 1.45. The quantitative estimate of drug-likeness (QED) is 0.644. The van der Waals surface area contributed by atoms with Crippen LogP contribution in [0.4, 0.5) is 5.69 Å². The summed E-state index contributed by atoms with van der Waals surface area (Å²) in [6, 6.07) is 17.8. The van der Waals surface area contributed by atoms with E-state index in [4.69, 9.17) is 17.3 Å². The smallest absolute Gasteiger partial charge is 0.314 e. The van der Waals surface area contributed by atoms with Crippen LogP contribution in [0.15, 0.2) is 54.6 Å². The van der Waals surface area contributed by atoms with Crippen molar-refractivity contribution in [3.05, 3.63) is 64.5 Å². The Morgan fingerprint density at radius 2 is 1.52 bits per heavy atom. The molecule has 1 aliphatic rings. The average Bonchev–Trinajstić information content (AvgIpc) is 3.36. The largest absolute Gasteiger partial charge is 0.481 e. The fourth-order valence-corrected chi connectivity index (χ4v) is 4.31. The predicted octanol–water partition coefficient (Wildman–Crippen LogP) is 5.43. The maximum atomic E-state index is 11.4. The summed E-state index contributed by atoms with van der Waals surface area (Å²) in [7, 11) is 0. The van der Waals surface area contributed by atoms with Gasteiger partial charge in [-0.05, 0) is 41.2 Å². The molecule has 5 heteroatoms. The number of thiophene rings is 1. The van der Waals surface area contributed by atoms with Crippen LogP contribution in [0.2, 0.25) is 4.34 Å². The zero-order valence-corrected chi connectivity index (χ0v) is 14.9. The molecule has 1 aliphatic carbocycles. The normalized spacial score (nSPS) is 15.1. The lowest BCUT2D eigenvalue weighted by Crippen LogP contribution is -2.19. The summed E-state index contributed by atoms with van der Waals surface area (Å²) in [6.45, 7) is 0. The lowest BCUT2D eigenvalue weighted by atomic mass is 9.93. The van der Waals surface area contributed by atoms with Crippen molar-refractivity contribution in [2.75, 3.05) is 5.73 Å². The molecule has 1 aromatic heterocycles.